The fourth-order valence-corrected chi connectivity index (χ4v) is 3.51. The number of nitrogens with one attached hydrogen (secondary N) is 1. The molecule has 0 spiro atoms. The molecule has 1 aromatic heterocycles. The molecule has 1 heterocycles. The Labute approximate surface area is 117 Å². The topological polar surface area (TPSA) is 29.9 Å². The molecule has 1 aromatic rings. The lowest BCUT2D eigenvalue weighted by molar-refractivity contribution is 0.266. The predicted molar refractivity (Wildman–Crippen MR) is 80.1 cm³/mol. The molecule has 1 N–H and O–H groups in total. The molecule has 0 aromatic carbocycles. The van der Waals surface area contributed by atoms with Gasteiger partial charge < -0.3 is 5.32 Å². The lowest BCUT2D eigenvalue weighted by Gasteiger charge is -2.31. The minimum Gasteiger partial charge on any atom is -0.307 e. The Morgan fingerprint density at radius 3 is 2.58 bits per heavy atom. The second-order valence-corrected chi connectivity index (χ2v) is 6.24. The standard InChI is InChI=1S/C16H29N3/c1-5-6-14-7-9-15(10-8-14)17-12(2)16-11-19(4)18-13(16)3/h11-12,14-15,17H,5-10H2,1-4H3. The van der Waals surface area contributed by atoms with Crippen LogP contribution in [0.1, 0.15) is 69.7 Å². The van der Waals surface area contributed by atoms with Gasteiger partial charge in [-0.1, -0.05) is 19.8 Å². The smallest absolute Gasteiger partial charge is 0.0641 e. The van der Waals surface area contributed by atoms with Gasteiger partial charge in [-0.05, 0) is 45.4 Å². The molecule has 0 amide bonds. The average molecular weight is 263 g/mol. The molecule has 108 valence electrons. The third-order valence-corrected chi connectivity index (χ3v) is 4.55. The summed E-state index contributed by atoms with van der Waals surface area (Å²) in [6.45, 7) is 6.67. The van der Waals surface area contributed by atoms with Gasteiger partial charge in [-0.15, -0.1) is 0 Å². The third-order valence-electron chi connectivity index (χ3n) is 4.55. The number of aryl methyl sites for hydroxylation is 2. The molecule has 1 saturated carbocycles. The summed E-state index contributed by atoms with van der Waals surface area (Å²) in [6, 6.07) is 1.11. The van der Waals surface area contributed by atoms with Gasteiger partial charge in [0.05, 0.1) is 5.69 Å². The molecule has 2 rings (SSSR count). The molecular weight excluding hydrogens is 234 g/mol. The number of rotatable bonds is 5. The number of nitrogens with zero attached hydrogens (tertiary/aromatic N) is 2. The van der Waals surface area contributed by atoms with E-state index < -0.39 is 0 Å². The largest absolute Gasteiger partial charge is 0.307 e. The van der Waals surface area contributed by atoms with Crippen LogP contribution < -0.4 is 5.32 Å². The van der Waals surface area contributed by atoms with E-state index in [0.717, 1.165) is 11.6 Å². The molecule has 3 nitrogen and oxygen atoms in total. The highest BCUT2D eigenvalue weighted by atomic mass is 15.3. The van der Waals surface area contributed by atoms with Crippen LogP contribution in [0.15, 0.2) is 6.20 Å². The monoisotopic (exact) mass is 263 g/mol. The lowest BCUT2D eigenvalue weighted by atomic mass is 9.83. The van der Waals surface area contributed by atoms with E-state index in [1.54, 1.807) is 0 Å². The molecule has 1 atom stereocenters. The van der Waals surface area contributed by atoms with Crippen LogP contribution in [-0.2, 0) is 7.05 Å². The third kappa shape index (κ3) is 3.82. The van der Waals surface area contributed by atoms with Crippen molar-refractivity contribution in [3.05, 3.63) is 17.5 Å². The summed E-state index contributed by atoms with van der Waals surface area (Å²) in [6.07, 6.45) is 10.4. The molecular formula is C16H29N3. The van der Waals surface area contributed by atoms with Crippen molar-refractivity contribution in [1.29, 1.82) is 0 Å². The summed E-state index contributed by atoms with van der Waals surface area (Å²) in [5.41, 5.74) is 2.50. The van der Waals surface area contributed by atoms with Gasteiger partial charge >= 0.3 is 0 Å². The van der Waals surface area contributed by atoms with Crippen molar-refractivity contribution in [2.24, 2.45) is 13.0 Å². The summed E-state index contributed by atoms with van der Waals surface area (Å²) >= 11 is 0. The van der Waals surface area contributed by atoms with Crippen LogP contribution in [0.5, 0.6) is 0 Å². The molecule has 1 aliphatic carbocycles. The van der Waals surface area contributed by atoms with Gasteiger partial charge in [-0.2, -0.15) is 5.10 Å². The Morgan fingerprint density at radius 1 is 1.37 bits per heavy atom. The van der Waals surface area contributed by atoms with Gasteiger partial charge in [0, 0.05) is 30.9 Å². The second kappa shape index (κ2) is 6.56. The van der Waals surface area contributed by atoms with Crippen molar-refractivity contribution in [3.63, 3.8) is 0 Å². The maximum atomic E-state index is 4.44. The molecule has 0 saturated heterocycles. The molecule has 0 radical (unpaired) electrons. The van der Waals surface area contributed by atoms with Gasteiger partial charge in [0.15, 0.2) is 0 Å². The Morgan fingerprint density at radius 2 is 2.05 bits per heavy atom. The van der Waals surface area contributed by atoms with Crippen LogP contribution in [-0.4, -0.2) is 15.8 Å². The van der Waals surface area contributed by atoms with Crippen molar-refractivity contribution in [1.82, 2.24) is 15.1 Å². The minimum absolute atomic E-state index is 0.418. The summed E-state index contributed by atoms with van der Waals surface area (Å²) in [5.74, 6) is 0.985. The molecule has 3 heteroatoms. The average Bonchev–Trinajstić information content (AvgIpc) is 2.71. The van der Waals surface area contributed by atoms with E-state index in [-0.39, 0.29) is 0 Å². The first-order chi connectivity index (χ1) is 9.10. The maximum absolute atomic E-state index is 4.44. The fourth-order valence-electron chi connectivity index (χ4n) is 3.51. The van der Waals surface area contributed by atoms with Crippen molar-refractivity contribution in [2.75, 3.05) is 0 Å². The SMILES string of the molecule is CCCC1CCC(NC(C)c2cn(C)nc2C)CC1. The first-order valence-electron chi connectivity index (χ1n) is 7.86. The van der Waals surface area contributed by atoms with Gasteiger partial charge in [-0.25, -0.2) is 0 Å². The van der Waals surface area contributed by atoms with Crippen molar-refractivity contribution >= 4 is 0 Å². The van der Waals surface area contributed by atoms with E-state index >= 15 is 0 Å². The molecule has 1 aliphatic rings. The zero-order chi connectivity index (χ0) is 13.8. The van der Waals surface area contributed by atoms with Crippen LogP contribution in [0.4, 0.5) is 0 Å². The Bertz CT molecular complexity index is 389. The van der Waals surface area contributed by atoms with Gasteiger partial charge in [0.1, 0.15) is 0 Å². The zero-order valence-corrected chi connectivity index (χ0v) is 12.9. The lowest BCUT2D eigenvalue weighted by Crippen LogP contribution is -2.35. The highest BCUT2D eigenvalue weighted by Crippen LogP contribution is 2.29. The number of aromatic nitrogens is 2. The van der Waals surface area contributed by atoms with Gasteiger partial charge in [-0.3, -0.25) is 4.68 Å². The van der Waals surface area contributed by atoms with Crippen molar-refractivity contribution in [3.8, 4) is 0 Å². The second-order valence-electron chi connectivity index (χ2n) is 6.24. The molecule has 19 heavy (non-hydrogen) atoms. The van der Waals surface area contributed by atoms with Gasteiger partial charge in [0.25, 0.3) is 0 Å². The summed E-state index contributed by atoms with van der Waals surface area (Å²) < 4.78 is 1.92. The quantitative estimate of drug-likeness (QED) is 0.877. The van der Waals surface area contributed by atoms with Crippen LogP contribution in [0.2, 0.25) is 0 Å². The number of hydrogen-bond donors (Lipinski definition) is 1. The predicted octanol–water partition coefficient (Wildman–Crippen LogP) is 3.74. The van der Waals surface area contributed by atoms with E-state index in [0.29, 0.717) is 12.1 Å². The van der Waals surface area contributed by atoms with Crippen LogP contribution in [0, 0.1) is 12.8 Å². The van der Waals surface area contributed by atoms with E-state index in [1.165, 1.54) is 44.1 Å². The van der Waals surface area contributed by atoms with Crippen molar-refractivity contribution < 1.29 is 0 Å². The minimum atomic E-state index is 0.418. The molecule has 0 aliphatic heterocycles. The maximum Gasteiger partial charge on any atom is 0.0641 e. The Balaban J connectivity index is 1.84. The summed E-state index contributed by atoms with van der Waals surface area (Å²) in [4.78, 5) is 0. The van der Waals surface area contributed by atoms with Crippen LogP contribution >= 0.6 is 0 Å². The van der Waals surface area contributed by atoms with Crippen LogP contribution in [0.3, 0.4) is 0 Å². The Kier molecular flexibility index (Phi) is 5.03. The fraction of sp³-hybridized carbons (Fsp3) is 0.812. The highest BCUT2D eigenvalue weighted by molar-refractivity contribution is 5.19. The molecule has 1 fully saturated rings. The van der Waals surface area contributed by atoms with E-state index in [1.807, 2.05) is 11.7 Å². The Hall–Kier alpha value is -0.830. The van der Waals surface area contributed by atoms with E-state index in [9.17, 15) is 0 Å². The first-order valence-corrected chi connectivity index (χ1v) is 7.86. The van der Waals surface area contributed by atoms with Crippen LogP contribution in [0.25, 0.3) is 0 Å². The molecule has 0 bridgehead atoms. The normalized spacial score (nSPS) is 25.5. The number of hydrogen-bond acceptors (Lipinski definition) is 2. The summed E-state index contributed by atoms with van der Waals surface area (Å²) in [7, 11) is 2.00. The summed E-state index contributed by atoms with van der Waals surface area (Å²) in [5, 5.41) is 8.24. The van der Waals surface area contributed by atoms with Crippen molar-refractivity contribution in [2.45, 2.75) is 71.4 Å². The first kappa shape index (κ1) is 14.6. The van der Waals surface area contributed by atoms with E-state index in [4.69, 9.17) is 0 Å². The zero-order valence-electron chi connectivity index (χ0n) is 12.9. The van der Waals surface area contributed by atoms with E-state index in [2.05, 4.69) is 37.4 Å². The van der Waals surface area contributed by atoms with Gasteiger partial charge in [0.2, 0.25) is 0 Å². The molecule has 1 unspecified atom stereocenters. The highest BCUT2D eigenvalue weighted by Gasteiger charge is 2.22.